The van der Waals surface area contributed by atoms with Crippen molar-refractivity contribution in [3.8, 4) is 5.75 Å². The van der Waals surface area contributed by atoms with Crippen LogP contribution in [-0.4, -0.2) is 18.4 Å². The number of rotatable bonds is 6. The second kappa shape index (κ2) is 8.61. The Balaban J connectivity index is 1.48. The molecule has 29 heavy (non-hydrogen) atoms. The Hall–Kier alpha value is -3.60. The van der Waals surface area contributed by atoms with Gasteiger partial charge in [-0.15, -0.1) is 0 Å². The standard InChI is InChI=1S/C24H22N2O3/c27-23-17-29-22-13-11-18(15-21(22)25-23)12-14-24(28)26(20-9-5-2-6-10-20)16-19-7-3-1-4-8-19/h1-11,13,15H,12,14,16-17H2,(H,25,27). The van der Waals surface area contributed by atoms with Crippen molar-refractivity contribution in [1.29, 1.82) is 0 Å². The predicted molar refractivity (Wildman–Crippen MR) is 113 cm³/mol. The zero-order valence-electron chi connectivity index (χ0n) is 16.0. The first-order chi connectivity index (χ1) is 14.2. The molecule has 1 aliphatic rings. The number of carbonyl (C=O) groups excluding carboxylic acids is 2. The van der Waals surface area contributed by atoms with Gasteiger partial charge in [-0.3, -0.25) is 9.59 Å². The number of anilines is 2. The first kappa shape index (κ1) is 18.7. The molecule has 4 rings (SSSR count). The van der Waals surface area contributed by atoms with Gasteiger partial charge in [0.25, 0.3) is 5.91 Å². The molecule has 3 aromatic carbocycles. The highest BCUT2D eigenvalue weighted by Gasteiger charge is 2.18. The lowest BCUT2D eigenvalue weighted by Crippen LogP contribution is -2.30. The van der Waals surface area contributed by atoms with Crippen LogP contribution >= 0.6 is 0 Å². The van der Waals surface area contributed by atoms with Crippen LogP contribution in [0.3, 0.4) is 0 Å². The van der Waals surface area contributed by atoms with E-state index >= 15 is 0 Å². The van der Waals surface area contributed by atoms with Crippen LogP contribution in [0, 0.1) is 0 Å². The van der Waals surface area contributed by atoms with Crippen LogP contribution in [0.4, 0.5) is 11.4 Å². The zero-order chi connectivity index (χ0) is 20.1. The van der Waals surface area contributed by atoms with Gasteiger partial charge in [0.15, 0.2) is 6.61 Å². The van der Waals surface area contributed by atoms with Crippen LogP contribution in [0.5, 0.6) is 5.75 Å². The van der Waals surface area contributed by atoms with Crippen LogP contribution < -0.4 is 15.0 Å². The molecule has 1 heterocycles. The van der Waals surface area contributed by atoms with Gasteiger partial charge in [-0.05, 0) is 41.8 Å². The SMILES string of the molecule is O=C1COc2ccc(CCC(=O)N(Cc3ccccc3)c3ccccc3)cc2N1. The van der Waals surface area contributed by atoms with Crippen molar-refractivity contribution in [1.82, 2.24) is 0 Å². The van der Waals surface area contributed by atoms with E-state index in [9.17, 15) is 9.59 Å². The van der Waals surface area contributed by atoms with E-state index in [1.165, 1.54) is 0 Å². The molecule has 0 atom stereocenters. The molecule has 146 valence electrons. The third-order valence-corrected chi connectivity index (χ3v) is 4.86. The lowest BCUT2D eigenvalue weighted by molar-refractivity contribution is -0.119. The van der Waals surface area contributed by atoms with Crippen LogP contribution in [0.2, 0.25) is 0 Å². The maximum absolute atomic E-state index is 13.1. The summed E-state index contributed by atoms with van der Waals surface area (Å²) < 4.78 is 5.39. The number of amides is 2. The number of ether oxygens (including phenoxy) is 1. The summed E-state index contributed by atoms with van der Waals surface area (Å²) in [6.07, 6.45) is 0.954. The summed E-state index contributed by atoms with van der Waals surface area (Å²) in [4.78, 5) is 26.4. The van der Waals surface area contributed by atoms with E-state index in [-0.39, 0.29) is 18.4 Å². The third-order valence-electron chi connectivity index (χ3n) is 4.86. The normalized spacial score (nSPS) is 12.5. The fraction of sp³-hybridized carbons (Fsp3) is 0.167. The van der Waals surface area contributed by atoms with Crippen molar-refractivity contribution in [2.75, 3.05) is 16.8 Å². The number of para-hydroxylation sites is 1. The summed E-state index contributed by atoms with van der Waals surface area (Å²) in [6.45, 7) is 0.564. The average molecular weight is 386 g/mol. The number of hydrogen-bond donors (Lipinski definition) is 1. The number of benzene rings is 3. The Labute approximate surface area is 169 Å². The molecule has 5 nitrogen and oxygen atoms in total. The lowest BCUT2D eigenvalue weighted by atomic mass is 10.1. The Morgan fingerprint density at radius 3 is 2.41 bits per heavy atom. The summed E-state index contributed by atoms with van der Waals surface area (Å²) in [6, 6.07) is 25.3. The van der Waals surface area contributed by atoms with Gasteiger partial charge in [0.1, 0.15) is 5.75 Å². The maximum atomic E-state index is 13.1. The molecule has 0 bridgehead atoms. The lowest BCUT2D eigenvalue weighted by Gasteiger charge is -2.23. The molecule has 0 aliphatic carbocycles. The molecule has 5 heteroatoms. The van der Waals surface area contributed by atoms with E-state index in [4.69, 9.17) is 4.74 Å². The molecule has 0 saturated heterocycles. The molecule has 0 fully saturated rings. The van der Waals surface area contributed by atoms with Crippen LogP contribution in [0.15, 0.2) is 78.9 Å². The Morgan fingerprint density at radius 2 is 1.66 bits per heavy atom. The van der Waals surface area contributed by atoms with Crippen molar-refractivity contribution >= 4 is 23.2 Å². The minimum absolute atomic E-state index is 0.0380. The Bertz CT molecular complexity index is 1000. The first-order valence-electron chi connectivity index (χ1n) is 9.64. The van der Waals surface area contributed by atoms with Gasteiger partial charge >= 0.3 is 0 Å². The second-order valence-electron chi connectivity index (χ2n) is 6.97. The fourth-order valence-corrected chi connectivity index (χ4v) is 3.37. The van der Waals surface area contributed by atoms with Crippen molar-refractivity contribution in [3.05, 3.63) is 90.0 Å². The van der Waals surface area contributed by atoms with Gasteiger partial charge in [0, 0.05) is 12.1 Å². The smallest absolute Gasteiger partial charge is 0.262 e. The van der Waals surface area contributed by atoms with Gasteiger partial charge in [0.05, 0.1) is 12.2 Å². The molecule has 0 aromatic heterocycles. The van der Waals surface area contributed by atoms with Crippen molar-refractivity contribution in [2.24, 2.45) is 0 Å². The fourth-order valence-electron chi connectivity index (χ4n) is 3.37. The highest BCUT2D eigenvalue weighted by atomic mass is 16.5. The van der Waals surface area contributed by atoms with Gasteiger partial charge in [-0.2, -0.15) is 0 Å². The van der Waals surface area contributed by atoms with Gasteiger partial charge in [-0.1, -0.05) is 54.6 Å². The van der Waals surface area contributed by atoms with E-state index in [0.29, 0.717) is 30.8 Å². The van der Waals surface area contributed by atoms with Gasteiger partial charge < -0.3 is 15.0 Å². The molecular formula is C24H22N2O3. The molecule has 0 spiro atoms. The largest absolute Gasteiger partial charge is 0.482 e. The highest BCUT2D eigenvalue weighted by Crippen LogP contribution is 2.29. The number of hydrogen-bond acceptors (Lipinski definition) is 3. The van der Waals surface area contributed by atoms with E-state index in [2.05, 4.69) is 5.32 Å². The van der Waals surface area contributed by atoms with Crippen molar-refractivity contribution < 1.29 is 14.3 Å². The van der Waals surface area contributed by atoms with E-state index in [1.54, 1.807) is 0 Å². The number of nitrogens with zero attached hydrogens (tertiary/aromatic N) is 1. The quantitative estimate of drug-likeness (QED) is 0.691. The predicted octanol–water partition coefficient (Wildman–Crippen LogP) is 4.18. The molecule has 1 aliphatic heterocycles. The zero-order valence-corrected chi connectivity index (χ0v) is 16.0. The molecule has 0 saturated carbocycles. The monoisotopic (exact) mass is 386 g/mol. The van der Waals surface area contributed by atoms with Crippen molar-refractivity contribution in [2.45, 2.75) is 19.4 Å². The summed E-state index contributed by atoms with van der Waals surface area (Å²) >= 11 is 0. The molecule has 2 amide bonds. The highest BCUT2D eigenvalue weighted by molar-refractivity contribution is 5.95. The van der Waals surface area contributed by atoms with Crippen LogP contribution in [0.25, 0.3) is 0 Å². The summed E-state index contributed by atoms with van der Waals surface area (Å²) in [5.41, 5.74) is 3.61. The number of nitrogens with one attached hydrogen (secondary N) is 1. The summed E-state index contributed by atoms with van der Waals surface area (Å²) in [5, 5.41) is 2.81. The number of fused-ring (bicyclic) bond motifs is 1. The molecule has 0 unspecified atom stereocenters. The molecule has 3 aromatic rings. The van der Waals surface area contributed by atoms with Crippen LogP contribution in [-0.2, 0) is 22.6 Å². The Morgan fingerprint density at radius 1 is 0.931 bits per heavy atom. The van der Waals surface area contributed by atoms with E-state index in [1.807, 2.05) is 83.8 Å². The molecule has 0 radical (unpaired) electrons. The third kappa shape index (κ3) is 4.63. The van der Waals surface area contributed by atoms with E-state index in [0.717, 1.165) is 16.8 Å². The van der Waals surface area contributed by atoms with Gasteiger partial charge in [0.2, 0.25) is 5.91 Å². The maximum Gasteiger partial charge on any atom is 0.262 e. The number of carbonyl (C=O) groups is 2. The second-order valence-corrected chi connectivity index (χ2v) is 6.97. The topological polar surface area (TPSA) is 58.6 Å². The number of aryl methyl sites for hydroxylation is 1. The minimum Gasteiger partial charge on any atom is -0.482 e. The van der Waals surface area contributed by atoms with Crippen molar-refractivity contribution in [3.63, 3.8) is 0 Å². The van der Waals surface area contributed by atoms with E-state index < -0.39 is 0 Å². The van der Waals surface area contributed by atoms with Gasteiger partial charge in [-0.25, -0.2) is 0 Å². The minimum atomic E-state index is -0.163. The molecular weight excluding hydrogens is 364 g/mol. The summed E-state index contributed by atoms with van der Waals surface area (Å²) in [5.74, 6) is 0.552. The Kier molecular flexibility index (Phi) is 5.56. The van der Waals surface area contributed by atoms with Crippen LogP contribution in [0.1, 0.15) is 17.5 Å². The first-order valence-corrected chi connectivity index (χ1v) is 9.64. The average Bonchev–Trinajstić information content (AvgIpc) is 2.77. The molecule has 1 N–H and O–H groups in total. The summed E-state index contributed by atoms with van der Waals surface area (Å²) in [7, 11) is 0.